The van der Waals surface area contributed by atoms with Gasteiger partial charge in [-0.15, -0.1) is 0 Å². The van der Waals surface area contributed by atoms with Crippen LogP contribution in [0.15, 0.2) is 12.2 Å². The van der Waals surface area contributed by atoms with Crippen molar-refractivity contribution in [1.82, 2.24) is 4.90 Å². The van der Waals surface area contributed by atoms with Crippen molar-refractivity contribution >= 4 is 0 Å². The van der Waals surface area contributed by atoms with Gasteiger partial charge in [-0.2, -0.15) is 0 Å². The summed E-state index contributed by atoms with van der Waals surface area (Å²) < 4.78 is 5.31. The van der Waals surface area contributed by atoms with E-state index < -0.39 is 0 Å². The third kappa shape index (κ3) is 1.00. The summed E-state index contributed by atoms with van der Waals surface area (Å²) in [6.45, 7) is 4.04. The molecule has 0 aromatic heterocycles. The van der Waals surface area contributed by atoms with Crippen LogP contribution in [0.1, 0.15) is 0 Å². The Morgan fingerprint density at radius 2 is 2.56 bits per heavy atom. The number of nitrogens with zero attached hydrogens (tertiary/aromatic N) is 1. The lowest BCUT2D eigenvalue weighted by atomic mass is 10.1. The van der Waals surface area contributed by atoms with E-state index in [1.54, 1.807) is 0 Å². The zero-order chi connectivity index (χ0) is 6.10. The minimum absolute atomic E-state index is 0.674. The smallest absolute Gasteiger partial charge is 0.0993 e. The minimum Gasteiger partial charge on any atom is -0.365 e. The van der Waals surface area contributed by atoms with Crippen molar-refractivity contribution < 1.29 is 4.74 Å². The average Bonchev–Trinajstić information content (AvgIpc) is 1.88. The van der Waals surface area contributed by atoms with Gasteiger partial charge in [0.15, 0.2) is 0 Å². The van der Waals surface area contributed by atoms with E-state index in [4.69, 9.17) is 4.74 Å². The lowest BCUT2D eigenvalue weighted by Gasteiger charge is -2.33. The highest BCUT2D eigenvalue weighted by molar-refractivity contribution is 4.97. The number of fused-ring (bicyclic) bond motifs is 2. The molecule has 2 nitrogen and oxygen atoms in total. The van der Waals surface area contributed by atoms with Crippen molar-refractivity contribution in [3.63, 3.8) is 0 Å². The molecule has 1 saturated heterocycles. The summed E-state index contributed by atoms with van der Waals surface area (Å²) in [7, 11) is 0. The van der Waals surface area contributed by atoms with Crippen molar-refractivity contribution in [3.05, 3.63) is 12.2 Å². The Kier molecular flexibility index (Phi) is 1.28. The van der Waals surface area contributed by atoms with Gasteiger partial charge >= 0.3 is 0 Å². The van der Waals surface area contributed by atoms with Crippen LogP contribution in [0.4, 0.5) is 0 Å². The molecule has 0 radical (unpaired) electrons. The van der Waals surface area contributed by atoms with Crippen molar-refractivity contribution in [2.45, 2.75) is 0 Å². The highest BCUT2D eigenvalue weighted by atomic mass is 16.5. The van der Waals surface area contributed by atoms with Gasteiger partial charge in [0, 0.05) is 19.0 Å². The Bertz CT molecular complexity index is 133. The first kappa shape index (κ1) is 5.45. The summed E-state index contributed by atoms with van der Waals surface area (Å²) in [4.78, 5) is 2.31. The van der Waals surface area contributed by atoms with Crippen LogP contribution in [0.25, 0.3) is 0 Å². The van der Waals surface area contributed by atoms with E-state index in [0.717, 1.165) is 19.9 Å². The first-order valence-corrected chi connectivity index (χ1v) is 3.42. The lowest BCUT2D eigenvalue weighted by molar-refractivity contribution is -0.0335. The maximum atomic E-state index is 5.31. The van der Waals surface area contributed by atoms with E-state index in [1.165, 1.54) is 6.54 Å². The Hall–Kier alpha value is -0.340. The van der Waals surface area contributed by atoms with E-state index in [-0.39, 0.29) is 0 Å². The SMILES string of the molecule is C1=CC2COCN(C1)C2. The van der Waals surface area contributed by atoms with E-state index >= 15 is 0 Å². The molecule has 2 heterocycles. The molecule has 0 spiro atoms. The normalized spacial score (nSPS) is 40.9. The van der Waals surface area contributed by atoms with Crippen LogP contribution in [0, 0.1) is 5.92 Å². The Labute approximate surface area is 55.1 Å². The van der Waals surface area contributed by atoms with Gasteiger partial charge in [0.05, 0.1) is 13.3 Å². The zero-order valence-corrected chi connectivity index (χ0v) is 5.42. The van der Waals surface area contributed by atoms with E-state index in [9.17, 15) is 0 Å². The van der Waals surface area contributed by atoms with Crippen LogP contribution in [-0.2, 0) is 4.74 Å². The summed E-state index contributed by atoms with van der Waals surface area (Å²) >= 11 is 0. The van der Waals surface area contributed by atoms with Gasteiger partial charge in [0.1, 0.15) is 0 Å². The first-order valence-electron chi connectivity index (χ1n) is 3.42. The maximum Gasteiger partial charge on any atom is 0.0993 e. The topological polar surface area (TPSA) is 12.5 Å². The molecule has 0 amide bonds. The number of hydrogen-bond acceptors (Lipinski definition) is 2. The fourth-order valence-electron chi connectivity index (χ4n) is 1.42. The average molecular weight is 125 g/mol. The molecule has 9 heavy (non-hydrogen) atoms. The second kappa shape index (κ2) is 2.12. The van der Waals surface area contributed by atoms with Gasteiger partial charge in [-0.05, 0) is 0 Å². The summed E-state index contributed by atoms with van der Waals surface area (Å²) in [6.07, 6.45) is 4.49. The molecule has 2 atom stereocenters. The predicted molar refractivity (Wildman–Crippen MR) is 35.0 cm³/mol. The van der Waals surface area contributed by atoms with Crippen LogP contribution < -0.4 is 0 Å². The first-order chi connectivity index (χ1) is 4.45. The standard InChI is InChI=1S/C7H11NO/c1-2-7-4-8(3-1)6-9-5-7/h1-2,7H,3-6H2. The van der Waals surface area contributed by atoms with Crippen molar-refractivity contribution in [2.24, 2.45) is 5.92 Å². The van der Waals surface area contributed by atoms with Gasteiger partial charge < -0.3 is 4.74 Å². The molecule has 2 bridgehead atoms. The summed E-state index contributed by atoms with van der Waals surface area (Å²) in [5.74, 6) is 0.674. The van der Waals surface area contributed by atoms with Gasteiger partial charge in [-0.25, -0.2) is 0 Å². The number of rotatable bonds is 0. The minimum atomic E-state index is 0.674. The highest BCUT2D eigenvalue weighted by Crippen LogP contribution is 2.14. The van der Waals surface area contributed by atoms with Crippen molar-refractivity contribution in [2.75, 3.05) is 26.4 Å². The largest absolute Gasteiger partial charge is 0.365 e. The molecule has 2 aliphatic rings. The lowest BCUT2D eigenvalue weighted by Crippen LogP contribution is -2.41. The van der Waals surface area contributed by atoms with Gasteiger partial charge in [-0.3, -0.25) is 4.90 Å². The monoisotopic (exact) mass is 125 g/mol. The van der Waals surface area contributed by atoms with E-state index in [2.05, 4.69) is 17.1 Å². The molecule has 0 N–H and O–H groups in total. The van der Waals surface area contributed by atoms with Crippen LogP contribution >= 0.6 is 0 Å². The molecule has 50 valence electrons. The quantitative estimate of drug-likeness (QED) is 0.436. The molecule has 0 aromatic rings. The third-order valence-corrected chi connectivity index (χ3v) is 1.87. The van der Waals surface area contributed by atoms with Crippen molar-refractivity contribution in [3.8, 4) is 0 Å². The molecular formula is C7H11NO. The molecule has 2 heteroatoms. The fraction of sp³-hybridized carbons (Fsp3) is 0.714. The van der Waals surface area contributed by atoms with E-state index in [0.29, 0.717) is 5.92 Å². The Balaban J connectivity index is 2.09. The fourth-order valence-corrected chi connectivity index (χ4v) is 1.42. The summed E-state index contributed by atoms with van der Waals surface area (Å²) in [5.41, 5.74) is 0. The predicted octanol–water partition coefficient (Wildman–Crippen LogP) is 0.462. The second-order valence-electron chi connectivity index (χ2n) is 2.72. The second-order valence-corrected chi connectivity index (χ2v) is 2.72. The van der Waals surface area contributed by atoms with Gasteiger partial charge in [0.2, 0.25) is 0 Å². The molecule has 1 fully saturated rings. The summed E-state index contributed by atoms with van der Waals surface area (Å²) in [6, 6.07) is 0. The molecule has 0 saturated carbocycles. The molecule has 2 unspecified atom stereocenters. The molecular weight excluding hydrogens is 114 g/mol. The Morgan fingerprint density at radius 1 is 1.56 bits per heavy atom. The maximum absolute atomic E-state index is 5.31. The highest BCUT2D eigenvalue weighted by Gasteiger charge is 2.19. The van der Waals surface area contributed by atoms with Crippen LogP contribution in [0.3, 0.4) is 0 Å². The van der Waals surface area contributed by atoms with Crippen LogP contribution in [-0.4, -0.2) is 31.3 Å². The number of ether oxygens (including phenoxy) is 1. The van der Waals surface area contributed by atoms with Crippen LogP contribution in [0.5, 0.6) is 0 Å². The third-order valence-electron chi connectivity index (χ3n) is 1.87. The van der Waals surface area contributed by atoms with E-state index in [1.807, 2.05) is 0 Å². The molecule has 0 aromatic carbocycles. The van der Waals surface area contributed by atoms with Crippen molar-refractivity contribution in [1.29, 1.82) is 0 Å². The van der Waals surface area contributed by atoms with Crippen LogP contribution in [0.2, 0.25) is 0 Å². The van der Waals surface area contributed by atoms with Gasteiger partial charge in [-0.1, -0.05) is 12.2 Å². The van der Waals surface area contributed by atoms with Gasteiger partial charge in [0.25, 0.3) is 0 Å². The molecule has 2 aliphatic heterocycles. The zero-order valence-electron chi connectivity index (χ0n) is 5.42. The molecule has 2 rings (SSSR count). The molecule has 0 aliphatic carbocycles. The Morgan fingerprint density at radius 3 is 3.33 bits per heavy atom. The summed E-state index contributed by atoms with van der Waals surface area (Å²) in [5, 5.41) is 0. The number of hydrogen-bond donors (Lipinski definition) is 0.